The number of nitrogens with zero attached hydrogens (tertiary/aromatic N) is 4. The Morgan fingerprint density at radius 2 is 1.94 bits per heavy atom. The fourth-order valence-corrected chi connectivity index (χ4v) is 4.12. The van der Waals surface area contributed by atoms with Crippen LogP contribution in [0, 0.1) is 11.3 Å². The maximum atomic E-state index is 8.81. The first-order valence-electron chi connectivity index (χ1n) is 10.6. The molecule has 1 aliphatic carbocycles. The molecule has 7 nitrogen and oxygen atoms in total. The number of halogens is 1. The fraction of sp³-hybridized carbons (Fsp3) is 0.250. The van der Waals surface area contributed by atoms with Crippen molar-refractivity contribution in [3.05, 3.63) is 77.9 Å². The number of nitrogen functional groups attached to an aromatic ring is 1. The Morgan fingerprint density at radius 1 is 1.16 bits per heavy atom. The van der Waals surface area contributed by atoms with Crippen LogP contribution in [-0.2, 0) is 0 Å². The van der Waals surface area contributed by atoms with Crippen molar-refractivity contribution >= 4 is 46.4 Å². The van der Waals surface area contributed by atoms with Crippen LogP contribution < -0.4 is 10.5 Å². The van der Waals surface area contributed by atoms with Crippen LogP contribution in [0.25, 0.3) is 0 Å². The molecule has 0 amide bonds. The maximum absolute atomic E-state index is 8.81. The molecular weight excluding hydrogens is 515 g/mol. The number of benzene rings is 1. The van der Waals surface area contributed by atoms with Gasteiger partial charge in [-0.2, -0.15) is 0 Å². The third-order valence-corrected chi connectivity index (χ3v) is 6.32. The maximum Gasteiger partial charge on any atom is 0.166 e. The highest BCUT2D eigenvalue weighted by molar-refractivity contribution is 14.1. The van der Waals surface area contributed by atoms with E-state index in [2.05, 4.69) is 40.9 Å². The Labute approximate surface area is 201 Å². The molecule has 0 bridgehead atoms. The minimum atomic E-state index is 0.253. The molecule has 0 atom stereocenters. The van der Waals surface area contributed by atoms with Gasteiger partial charge in [-0.05, 0) is 61.1 Å². The predicted molar refractivity (Wildman–Crippen MR) is 137 cm³/mol. The lowest BCUT2D eigenvalue weighted by Crippen LogP contribution is -2.26. The van der Waals surface area contributed by atoms with E-state index < -0.39 is 0 Å². The molecule has 0 radical (unpaired) electrons. The van der Waals surface area contributed by atoms with Crippen LogP contribution in [0.2, 0.25) is 0 Å². The molecule has 2 aliphatic rings. The van der Waals surface area contributed by atoms with Gasteiger partial charge in [0.1, 0.15) is 23.7 Å². The highest BCUT2D eigenvalue weighted by Crippen LogP contribution is 2.27. The van der Waals surface area contributed by atoms with Crippen LogP contribution in [0.3, 0.4) is 0 Å². The van der Waals surface area contributed by atoms with Crippen LogP contribution in [0.1, 0.15) is 24.8 Å². The van der Waals surface area contributed by atoms with Crippen LogP contribution in [0.15, 0.2) is 77.3 Å². The summed E-state index contributed by atoms with van der Waals surface area (Å²) in [6.45, 7) is 2.09. The van der Waals surface area contributed by atoms with E-state index in [4.69, 9.17) is 15.9 Å². The minimum absolute atomic E-state index is 0.253. The number of allylic oxidation sites excluding steroid dienone is 5. The lowest BCUT2D eigenvalue weighted by atomic mass is 9.99. The molecule has 2 heterocycles. The molecule has 32 heavy (non-hydrogen) atoms. The smallest absolute Gasteiger partial charge is 0.166 e. The first-order valence-corrected chi connectivity index (χ1v) is 11.5. The van der Waals surface area contributed by atoms with Gasteiger partial charge in [0.15, 0.2) is 5.82 Å². The van der Waals surface area contributed by atoms with E-state index in [9.17, 15) is 0 Å². The molecule has 0 spiro atoms. The lowest BCUT2D eigenvalue weighted by Gasteiger charge is -2.24. The second-order valence-corrected chi connectivity index (χ2v) is 8.97. The molecule has 4 rings (SSSR count). The number of ether oxygens (including phenoxy) is 1. The zero-order valence-electron chi connectivity index (χ0n) is 17.6. The van der Waals surface area contributed by atoms with Crippen molar-refractivity contribution in [3.63, 3.8) is 0 Å². The zero-order chi connectivity index (χ0) is 22.3. The highest BCUT2D eigenvalue weighted by Gasteiger charge is 2.19. The largest absolute Gasteiger partial charge is 0.458 e. The van der Waals surface area contributed by atoms with Gasteiger partial charge < -0.3 is 10.5 Å². The topological polar surface area (TPSA) is 100 Å². The normalized spacial score (nSPS) is 17.7. The number of nitrogens with one attached hydrogen (secondary N) is 1. The number of hydrogen-bond acceptors (Lipinski definition) is 7. The van der Waals surface area contributed by atoms with Gasteiger partial charge in [0.05, 0.1) is 11.3 Å². The number of aromatic nitrogens is 2. The summed E-state index contributed by atoms with van der Waals surface area (Å²) in [5, 5.41) is 8.81. The molecular formula is C24H25IN6O. The van der Waals surface area contributed by atoms with E-state index in [0.717, 1.165) is 43.0 Å². The van der Waals surface area contributed by atoms with Crippen molar-refractivity contribution in [1.29, 1.82) is 5.41 Å². The van der Waals surface area contributed by atoms with Crippen molar-refractivity contribution in [1.82, 2.24) is 13.1 Å². The molecule has 1 aromatic heterocycles. The molecule has 0 unspecified atom stereocenters. The third-order valence-electron chi connectivity index (χ3n) is 5.35. The summed E-state index contributed by atoms with van der Waals surface area (Å²) >= 11 is 2.36. The van der Waals surface area contributed by atoms with E-state index >= 15 is 0 Å². The first kappa shape index (κ1) is 22.3. The summed E-state index contributed by atoms with van der Waals surface area (Å²) in [5.41, 5.74) is 7.60. The summed E-state index contributed by atoms with van der Waals surface area (Å²) in [6, 6.07) is 9.63. The molecule has 1 fully saturated rings. The van der Waals surface area contributed by atoms with Crippen LogP contribution >= 0.6 is 22.9 Å². The standard InChI is InChI=1S/C24H25IN6O/c25-31-13-11-17(12-14-31)15-28-24-21(23(27)29-16-30-24)22(26)18-5-4-8-20(10-9-18)32-19-6-2-1-3-7-19/h1-3,5-10,15-17,26H,4,11-14H2,(H2,27,29,30)/b26-22?,28-15-. The van der Waals surface area contributed by atoms with Crippen molar-refractivity contribution in [3.8, 4) is 5.75 Å². The van der Waals surface area contributed by atoms with Crippen LogP contribution in [0.5, 0.6) is 5.75 Å². The average molecular weight is 540 g/mol. The number of nitrogens with two attached hydrogens (primary N) is 1. The van der Waals surface area contributed by atoms with Gasteiger partial charge in [0, 0.05) is 42.2 Å². The number of para-hydroxylation sites is 1. The van der Waals surface area contributed by atoms with E-state index in [0.29, 0.717) is 23.7 Å². The first-order chi connectivity index (χ1) is 15.6. The van der Waals surface area contributed by atoms with Gasteiger partial charge in [-0.3, -0.25) is 5.41 Å². The zero-order valence-corrected chi connectivity index (χ0v) is 19.8. The predicted octanol–water partition coefficient (Wildman–Crippen LogP) is 5.04. The van der Waals surface area contributed by atoms with Crippen molar-refractivity contribution < 1.29 is 4.74 Å². The molecule has 8 heteroatoms. The second-order valence-electron chi connectivity index (χ2n) is 7.61. The van der Waals surface area contributed by atoms with E-state index in [-0.39, 0.29) is 11.5 Å². The average Bonchev–Trinajstić information content (AvgIpc) is 3.05. The highest BCUT2D eigenvalue weighted by atomic mass is 127. The van der Waals surface area contributed by atoms with Gasteiger partial charge in [-0.15, -0.1) is 0 Å². The summed E-state index contributed by atoms with van der Waals surface area (Å²) in [5.74, 6) is 2.59. The quantitative estimate of drug-likeness (QED) is 0.304. The summed E-state index contributed by atoms with van der Waals surface area (Å²) in [4.78, 5) is 13.0. The number of anilines is 1. The van der Waals surface area contributed by atoms with Crippen molar-refractivity contribution in [2.75, 3.05) is 18.8 Å². The van der Waals surface area contributed by atoms with Gasteiger partial charge in [0.25, 0.3) is 0 Å². The molecule has 164 valence electrons. The molecule has 1 aromatic carbocycles. The van der Waals surface area contributed by atoms with Crippen LogP contribution in [-0.4, -0.2) is 38.1 Å². The van der Waals surface area contributed by atoms with E-state index in [1.165, 1.54) is 6.33 Å². The molecule has 2 aromatic rings. The Morgan fingerprint density at radius 3 is 2.72 bits per heavy atom. The SMILES string of the molecule is N=C(C1=CCC=C(Oc2ccccc2)C=C1)c1c(N)ncnc1/N=C\C1CCN(I)CC1. The summed E-state index contributed by atoms with van der Waals surface area (Å²) in [6.07, 6.45) is 13.8. The molecule has 0 saturated carbocycles. The molecule has 1 saturated heterocycles. The van der Waals surface area contributed by atoms with Gasteiger partial charge in [0.2, 0.25) is 0 Å². The molecule has 1 aliphatic heterocycles. The Balaban J connectivity index is 1.51. The Bertz CT molecular complexity index is 1080. The number of rotatable bonds is 6. The fourth-order valence-electron chi connectivity index (χ4n) is 3.56. The third kappa shape index (κ3) is 5.68. The number of aliphatic imine (C=N–C) groups is 1. The Hall–Kier alpha value is -2.85. The van der Waals surface area contributed by atoms with Gasteiger partial charge in [-0.1, -0.05) is 24.3 Å². The van der Waals surface area contributed by atoms with Crippen molar-refractivity contribution in [2.24, 2.45) is 10.9 Å². The van der Waals surface area contributed by atoms with E-state index in [1.807, 2.05) is 60.9 Å². The summed E-state index contributed by atoms with van der Waals surface area (Å²) < 4.78 is 8.22. The van der Waals surface area contributed by atoms with Gasteiger partial charge >= 0.3 is 0 Å². The van der Waals surface area contributed by atoms with E-state index in [1.54, 1.807) is 0 Å². The number of hydrogen-bond donors (Lipinski definition) is 2. The van der Waals surface area contributed by atoms with Gasteiger partial charge in [-0.25, -0.2) is 18.1 Å². The number of piperidine rings is 1. The van der Waals surface area contributed by atoms with Crippen LogP contribution in [0.4, 0.5) is 11.6 Å². The van der Waals surface area contributed by atoms with Crippen molar-refractivity contribution in [2.45, 2.75) is 19.3 Å². The summed E-state index contributed by atoms with van der Waals surface area (Å²) in [7, 11) is 0. The Kier molecular flexibility index (Phi) is 7.43. The lowest BCUT2D eigenvalue weighted by molar-refractivity contribution is 0.368. The minimum Gasteiger partial charge on any atom is -0.458 e. The molecule has 3 N–H and O–H groups in total. The second kappa shape index (κ2) is 10.6. The monoisotopic (exact) mass is 540 g/mol.